The molecule has 0 aliphatic carbocycles. The van der Waals surface area contributed by atoms with Gasteiger partial charge in [-0.3, -0.25) is 0 Å². The number of fused-ring (bicyclic) bond motifs is 1. The van der Waals surface area contributed by atoms with Crippen LogP contribution in [0.25, 0.3) is 0 Å². The van der Waals surface area contributed by atoms with Crippen molar-refractivity contribution < 1.29 is 14.2 Å². The van der Waals surface area contributed by atoms with E-state index >= 15 is 4.39 Å². The number of aliphatic hydroxyl groups excluding tert-OH is 1. The van der Waals surface area contributed by atoms with Crippen molar-refractivity contribution >= 4 is 17.2 Å². The van der Waals surface area contributed by atoms with Crippen LogP contribution >= 0.6 is 0 Å². The van der Waals surface area contributed by atoms with Crippen molar-refractivity contribution in [2.45, 2.75) is 52.1 Å². The van der Waals surface area contributed by atoms with Crippen LogP contribution in [0.2, 0.25) is 0 Å². The molecular formula is C23H30FN5O2. The molecule has 0 saturated carbocycles. The van der Waals surface area contributed by atoms with E-state index in [0.29, 0.717) is 46.5 Å². The summed E-state index contributed by atoms with van der Waals surface area (Å²) < 4.78 is 21.0. The van der Waals surface area contributed by atoms with Gasteiger partial charge in [0.05, 0.1) is 12.3 Å². The molecule has 1 aliphatic heterocycles. The van der Waals surface area contributed by atoms with Crippen molar-refractivity contribution in [1.29, 1.82) is 0 Å². The molecule has 0 spiro atoms. The van der Waals surface area contributed by atoms with Gasteiger partial charge in [-0.15, -0.1) is 0 Å². The summed E-state index contributed by atoms with van der Waals surface area (Å²) in [6.07, 6.45) is 2.15. The molecule has 31 heavy (non-hydrogen) atoms. The molecule has 8 heteroatoms. The second-order valence-corrected chi connectivity index (χ2v) is 7.77. The highest BCUT2D eigenvalue weighted by atomic mass is 19.1. The maximum Gasteiger partial charge on any atom is 0.246 e. The first kappa shape index (κ1) is 22.7. The number of hydrogen-bond donors (Lipinski definition) is 3. The zero-order chi connectivity index (χ0) is 22.5. The maximum atomic E-state index is 15.2. The smallest absolute Gasteiger partial charge is 0.246 e. The van der Waals surface area contributed by atoms with Gasteiger partial charge in [0, 0.05) is 17.8 Å². The minimum atomic E-state index is -0.397. The molecule has 166 valence electrons. The first-order valence-electron chi connectivity index (χ1n) is 10.6. The Morgan fingerprint density at radius 1 is 1.35 bits per heavy atom. The van der Waals surface area contributed by atoms with Gasteiger partial charge in [-0.25, -0.2) is 14.4 Å². The summed E-state index contributed by atoms with van der Waals surface area (Å²) in [5.74, 6) is 0.886. The van der Waals surface area contributed by atoms with E-state index in [1.807, 2.05) is 19.1 Å². The average molecular weight is 428 g/mol. The summed E-state index contributed by atoms with van der Waals surface area (Å²) in [6, 6.07) is 5.20. The molecule has 2 unspecified atom stereocenters. The number of nitrogens with zero attached hydrogens (tertiary/aromatic N) is 3. The number of aliphatic hydroxyl groups is 1. The maximum absolute atomic E-state index is 15.2. The van der Waals surface area contributed by atoms with Crippen LogP contribution in [0.15, 0.2) is 35.5 Å². The number of aryl methyl sites for hydroxylation is 1. The summed E-state index contributed by atoms with van der Waals surface area (Å²) in [6.45, 7) is 9.91. The van der Waals surface area contributed by atoms with Crippen LogP contribution in [-0.2, 0) is 0 Å². The minimum absolute atomic E-state index is 0.0627. The largest absolute Gasteiger partial charge is 0.466 e. The lowest BCUT2D eigenvalue weighted by Crippen LogP contribution is -2.28. The van der Waals surface area contributed by atoms with Gasteiger partial charge < -0.3 is 20.9 Å². The third-order valence-corrected chi connectivity index (χ3v) is 5.33. The fourth-order valence-corrected chi connectivity index (χ4v) is 3.78. The van der Waals surface area contributed by atoms with Crippen LogP contribution in [0, 0.1) is 12.7 Å². The van der Waals surface area contributed by atoms with Crippen LogP contribution in [0.1, 0.15) is 56.0 Å². The number of nitrogens with one attached hydrogen (secondary N) is 1. The Bertz CT molecular complexity index is 992. The van der Waals surface area contributed by atoms with E-state index in [9.17, 15) is 0 Å². The van der Waals surface area contributed by atoms with Gasteiger partial charge >= 0.3 is 0 Å². The SMILES string of the molecule is C=C(CO)NCCC(CCC)c1ccc(C2=Nc3c(N)nc(C)nc3OC2C)cc1F. The van der Waals surface area contributed by atoms with Crippen LogP contribution in [-0.4, -0.2) is 40.0 Å². The van der Waals surface area contributed by atoms with Crippen LogP contribution in [0.5, 0.6) is 5.88 Å². The molecule has 0 saturated heterocycles. The van der Waals surface area contributed by atoms with Crippen molar-refractivity contribution in [1.82, 2.24) is 15.3 Å². The molecule has 0 fully saturated rings. The van der Waals surface area contributed by atoms with Crippen molar-refractivity contribution in [2.75, 3.05) is 18.9 Å². The molecule has 0 amide bonds. The normalized spacial score (nSPS) is 16.2. The van der Waals surface area contributed by atoms with Crippen molar-refractivity contribution in [3.63, 3.8) is 0 Å². The molecule has 1 aromatic heterocycles. The van der Waals surface area contributed by atoms with Crippen molar-refractivity contribution in [2.24, 2.45) is 4.99 Å². The van der Waals surface area contributed by atoms with E-state index in [2.05, 4.69) is 33.8 Å². The van der Waals surface area contributed by atoms with E-state index in [4.69, 9.17) is 15.6 Å². The highest BCUT2D eigenvalue weighted by Gasteiger charge is 2.26. The molecule has 0 radical (unpaired) electrons. The fraction of sp³-hybridized carbons (Fsp3) is 0.435. The Labute approximate surface area is 182 Å². The minimum Gasteiger partial charge on any atom is -0.466 e. The molecule has 0 bridgehead atoms. The van der Waals surface area contributed by atoms with Crippen molar-refractivity contribution in [3.8, 4) is 5.88 Å². The Morgan fingerprint density at radius 3 is 2.81 bits per heavy atom. The first-order chi connectivity index (χ1) is 14.8. The number of aliphatic imine (C=N–C) groups is 1. The third-order valence-electron chi connectivity index (χ3n) is 5.33. The lowest BCUT2D eigenvalue weighted by molar-refractivity contribution is 0.271. The molecule has 2 aromatic rings. The number of nitrogen functional groups attached to an aromatic ring is 1. The van der Waals surface area contributed by atoms with Crippen LogP contribution in [0.4, 0.5) is 15.9 Å². The first-order valence-corrected chi connectivity index (χ1v) is 10.6. The van der Waals surface area contributed by atoms with Gasteiger partial charge in [0.2, 0.25) is 5.88 Å². The summed E-state index contributed by atoms with van der Waals surface area (Å²) in [4.78, 5) is 13.0. The Morgan fingerprint density at radius 2 is 2.13 bits per heavy atom. The van der Waals surface area contributed by atoms with E-state index in [1.54, 1.807) is 6.92 Å². The third kappa shape index (κ3) is 5.19. The number of halogens is 1. The summed E-state index contributed by atoms with van der Waals surface area (Å²) in [5.41, 5.74) is 8.83. The van der Waals surface area contributed by atoms with Gasteiger partial charge in [0.15, 0.2) is 11.5 Å². The van der Waals surface area contributed by atoms with Gasteiger partial charge in [-0.2, -0.15) is 4.98 Å². The highest BCUT2D eigenvalue weighted by Crippen LogP contribution is 2.36. The molecule has 2 heterocycles. The lowest BCUT2D eigenvalue weighted by Gasteiger charge is -2.24. The van der Waals surface area contributed by atoms with E-state index < -0.39 is 6.10 Å². The molecule has 1 aliphatic rings. The van der Waals surface area contributed by atoms with E-state index in [-0.39, 0.29) is 24.2 Å². The number of anilines is 1. The van der Waals surface area contributed by atoms with Crippen LogP contribution < -0.4 is 15.8 Å². The molecule has 2 atom stereocenters. The van der Waals surface area contributed by atoms with Gasteiger partial charge in [-0.1, -0.05) is 32.1 Å². The Hall–Kier alpha value is -3.00. The standard InChI is InChI=1S/C23H30FN5O2/c1-5-6-16(9-10-26-13(2)12-30)18-8-7-17(11-19(18)24)20-14(3)31-23-21(29-20)22(25)27-15(4)28-23/h7-8,11,14,16,26,30H,2,5-6,9-10,12H2,1,3-4H3,(H2,25,27,28). The average Bonchev–Trinajstić information content (AvgIpc) is 2.72. The number of nitrogens with two attached hydrogens (primary N) is 1. The number of ether oxygens (including phenoxy) is 1. The molecule has 7 nitrogen and oxygen atoms in total. The summed E-state index contributed by atoms with van der Waals surface area (Å²) in [5, 5.41) is 12.1. The summed E-state index contributed by atoms with van der Waals surface area (Å²) >= 11 is 0. The van der Waals surface area contributed by atoms with E-state index in [0.717, 1.165) is 19.3 Å². The topological polar surface area (TPSA) is 106 Å². The molecule has 3 rings (SSSR count). The van der Waals surface area contributed by atoms with Gasteiger partial charge in [0.25, 0.3) is 0 Å². The second kappa shape index (κ2) is 9.87. The zero-order valence-corrected chi connectivity index (χ0v) is 18.3. The predicted octanol–water partition coefficient (Wildman–Crippen LogP) is 3.78. The molecule has 1 aromatic carbocycles. The Balaban J connectivity index is 1.86. The number of benzene rings is 1. The van der Waals surface area contributed by atoms with Gasteiger partial charge in [0.1, 0.15) is 17.7 Å². The zero-order valence-electron chi connectivity index (χ0n) is 18.3. The lowest BCUT2D eigenvalue weighted by atomic mass is 9.89. The van der Waals surface area contributed by atoms with Crippen LogP contribution in [0.3, 0.4) is 0 Å². The molecular weight excluding hydrogens is 397 g/mol. The monoisotopic (exact) mass is 427 g/mol. The van der Waals surface area contributed by atoms with Crippen molar-refractivity contribution in [3.05, 3.63) is 53.2 Å². The Kier molecular flexibility index (Phi) is 7.22. The molecule has 4 N–H and O–H groups in total. The second-order valence-electron chi connectivity index (χ2n) is 7.77. The number of rotatable bonds is 9. The number of hydrogen-bond acceptors (Lipinski definition) is 7. The summed E-state index contributed by atoms with van der Waals surface area (Å²) in [7, 11) is 0. The van der Waals surface area contributed by atoms with E-state index in [1.165, 1.54) is 6.07 Å². The number of aromatic nitrogens is 2. The predicted molar refractivity (Wildman–Crippen MR) is 120 cm³/mol. The van der Waals surface area contributed by atoms with Gasteiger partial charge in [-0.05, 0) is 44.2 Å². The highest BCUT2D eigenvalue weighted by molar-refractivity contribution is 6.06. The quantitative estimate of drug-likeness (QED) is 0.562. The fourth-order valence-electron chi connectivity index (χ4n) is 3.78.